The minimum atomic E-state index is 0. The van der Waals surface area contributed by atoms with E-state index in [1.807, 2.05) is 0 Å². The summed E-state index contributed by atoms with van der Waals surface area (Å²) in [4.78, 5) is 2.19. The maximum Gasteiger partial charge on any atom is 0.122 e. The Hall–Kier alpha value is -0.730. The summed E-state index contributed by atoms with van der Waals surface area (Å²) in [5, 5.41) is 0. The zero-order valence-electron chi connectivity index (χ0n) is 13.4. The lowest BCUT2D eigenvalue weighted by molar-refractivity contribution is 0.279. The molecular weight excluding hydrogens is 270 g/mol. The van der Waals surface area contributed by atoms with Crippen LogP contribution in [0.3, 0.4) is 0 Å². The Bertz CT molecular complexity index is 353. The van der Waals surface area contributed by atoms with Gasteiger partial charge in [0.1, 0.15) is 5.75 Å². The highest BCUT2D eigenvalue weighted by molar-refractivity contribution is 5.85. The first-order valence-corrected chi connectivity index (χ1v) is 7.45. The van der Waals surface area contributed by atoms with Crippen LogP contribution in [-0.2, 0) is 6.42 Å². The molecule has 0 saturated heterocycles. The second-order valence-electron chi connectivity index (χ2n) is 5.90. The fraction of sp³-hybridized carbons (Fsp3) is 0.647. The van der Waals surface area contributed by atoms with Crippen molar-refractivity contribution in [2.75, 3.05) is 27.2 Å². The number of nitrogens with zero attached hydrogens (tertiary/aromatic N) is 1. The van der Waals surface area contributed by atoms with E-state index in [2.05, 4.69) is 57.1 Å². The first kappa shape index (κ1) is 19.3. The van der Waals surface area contributed by atoms with Crippen LogP contribution in [0, 0.1) is 5.92 Å². The second kappa shape index (κ2) is 11.0. The van der Waals surface area contributed by atoms with E-state index in [0.717, 1.165) is 37.7 Å². The Kier molecular flexibility index (Phi) is 10.6. The van der Waals surface area contributed by atoms with Gasteiger partial charge in [-0.2, -0.15) is 0 Å². The Morgan fingerprint density at radius 2 is 1.80 bits per heavy atom. The fourth-order valence-corrected chi connectivity index (χ4v) is 2.11. The van der Waals surface area contributed by atoms with Crippen LogP contribution < -0.4 is 4.74 Å². The van der Waals surface area contributed by atoms with Crippen LogP contribution in [-0.4, -0.2) is 32.1 Å². The Balaban J connectivity index is 0.00000361. The van der Waals surface area contributed by atoms with Crippen molar-refractivity contribution in [1.29, 1.82) is 0 Å². The third-order valence-corrected chi connectivity index (χ3v) is 3.21. The molecule has 116 valence electrons. The summed E-state index contributed by atoms with van der Waals surface area (Å²) >= 11 is 0. The molecule has 2 nitrogen and oxygen atoms in total. The number of hydrogen-bond donors (Lipinski definition) is 0. The minimum absolute atomic E-state index is 0. The number of halogens is 1. The van der Waals surface area contributed by atoms with Gasteiger partial charge in [-0.05, 0) is 50.9 Å². The van der Waals surface area contributed by atoms with Crippen molar-refractivity contribution < 1.29 is 4.74 Å². The minimum Gasteiger partial charge on any atom is -0.493 e. The van der Waals surface area contributed by atoms with Gasteiger partial charge < -0.3 is 9.64 Å². The monoisotopic (exact) mass is 299 g/mol. The molecule has 0 unspecified atom stereocenters. The second-order valence-corrected chi connectivity index (χ2v) is 5.90. The van der Waals surface area contributed by atoms with E-state index in [1.54, 1.807) is 0 Å². The highest BCUT2D eigenvalue weighted by Gasteiger charge is 2.03. The molecule has 1 aromatic rings. The van der Waals surface area contributed by atoms with E-state index < -0.39 is 0 Å². The molecular formula is C17H30ClNO. The van der Waals surface area contributed by atoms with E-state index in [-0.39, 0.29) is 12.4 Å². The van der Waals surface area contributed by atoms with Crippen LogP contribution in [0.5, 0.6) is 5.75 Å². The van der Waals surface area contributed by atoms with Crippen LogP contribution in [0.1, 0.15) is 38.7 Å². The van der Waals surface area contributed by atoms with E-state index in [1.165, 1.54) is 18.4 Å². The molecule has 0 fully saturated rings. The van der Waals surface area contributed by atoms with E-state index in [4.69, 9.17) is 4.74 Å². The summed E-state index contributed by atoms with van der Waals surface area (Å²) in [7, 11) is 4.19. The zero-order valence-corrected chi connectivity index (χ0v) is 14.2. The first-order chi connectivity index (χ1) is 9.09. The predicted octanol–water partition coefficient (Wildman–Crippen LogP) is 4.42. The molecule has 0 atom stereocenters. The molecule has 0 N–H and O–H groups in total. The van der Waals surface area contributed by atoms with Crippen LogP contribution >= 0.6 is 12.4 Å². The zero-order chi connectivity index (χ0) is 14.1. The molecule has 0 heterocycles. The third-order valence-electron chi connectivity index (χ3n) is 3.21. The van der Waals surface area contributed by atoms with E-state index >= 15 is 0 Å². The van der Waals surface area contributed by atoms with Crippen molar-refractivity contribution in [1.82, 2.24) is 4.90 Å². The molecule has 1 aromatic carbocycles. The van der Waals surface area contributed by atoms with E-state index in [0.29, 0.717) is 0 Å². The summed E-state index contributed by atoms with van der Waals surface area (Å²) in [6, 6.07) is 8.46. The summed E-state index contributed by atoms with van der Waals surface area (Å²) in [6.45, 7) is 6.45. The van der Waals surface area contributed by atoms with Crippen LogP contribution in [0.2, 0.25) is 0 Å². The van der Waals surface area contributed by atoms with Gasteiger partial charge in [0.15, 0.2) is 0 Å². The topological polar surface area (TPSA) is 12.5 Å². The van der Waals surface area contributed by atoms with Gasteiger partial charge >= 0.3 is 0 Å². The number of hydrogen-bond acceptors (Lipinski definition) is 2. The summed E-state index contributed by atoms with van der Waals surface area (Å²) in [5.74, 6) is 1.86. The van der Waals surface area contributed by atoms with Crippen molar-refractivity contribution in [2.24, 2.45) is 5.92 Å². The number of ether oxygens (including phenoxy) is 1. The largest absolute Gasteiger partial charge is 0.493 e. The average Bonchev–Trinajstić information content (AvgIpc) is 2.35. The average molecular weight is 300 g/mol. The van der Waals surface area contributed by atoms with Crippen LogP contribution in [0.15, 0.2) is 24.3 Å². The standard InChI is InChI=1S/C17H29NO.ClH/c1-15(2)9-7-11-16-10-5-6-12-17(16)19-14-8-13-18(3)4;/h5-6,10,12,15H,7-9,11,13-14H2,1-4H3;1H. The first-order valence-electron chi connectivity index (χ1n) is 7.45. The smallest absolute Gasteiger partial charge is 0.122 e. The summed E-state index contributed by atoms with van der Waals surface area (Å²) < 4.78 is 5.92. The summed E-state index contributed by atoms with van der Waals surface area (Å²) in [6.07, 6.45) is 4.74. The van der Waals surface area contributed by atoms with Gasteiger partial charge in [0.25, 0.3) is 0 Å². The molecule has 3 heteroatoms. The summed E-state index contributed by atoms with van der Waals surface area (Å²) in [5.41, 5.74) is 1.35. The highest BCUT2D eigenvalue weighted by Crippen LogP contribution is 2.21. The molecule has 0 aromatic heterocycles. The van der Waals surface area contributed by atoms with Gasteiger partial charge in [-0.25, -0.2) is 0 Å². The molecule has 0 amide bonds. The number of para-hydroxylation sites is 1. The Morgan fingerprint density at radius 1 is 1.10 bits per heavy atom. The normalized spacial score (nSPS) is 10.7. The SMILES string of the molecule is CC(C)CCCc1ccccc1OCCCN(C)C.Cl. The van der Waals surface area contributed by atoms with Crippen molar-refractivity contribution in [3.8, 4) is 5.75 Å². The van der Waals surface area contributed by atoms with Crippen molar-refractivity contribution in [3.05, 3.63) is 29.8 Å². The third kappa shape index (κ3) is 8.44. The van der Waals surface area contributed by atoms with Gasteiger partial charge in [-0.1, -0.05) is 38.5 Å². The lowest BCUT2D eigenvalue weighted by Gasteiger charge is -2.13. The highest BCUT2D eigenvalue weighted by atomic mass is 35.5. The molecule has 0 bridgehead atoms. The molecule has 0 aliphatic carbocycles. The quantitative estimate of drug-likeness (QED) is 0.626. The number of benzene rings is 1. The van der Waals surface area contributed by atoms with Gasteiger partial charge in [-0.3, -0.25) is 0 Å². The van der Waals surface area contributed by atoms with Gasteiger partial charge in [0.2, 0.25) is 0 Å². The lowest BCUT2D eigenvalue weighted by Crippen LogP contribution is -2.15. The van der Waals surface area contributed by atoms with Gasteiger partial charge in [0, 0.05) is 6.54 Å². The Labute approximate surface area is 130 Å². The molecule has 0 saturated carbocycles. The van der Waals surface area contributed by atoms with Crippen molar-refractivity contribution in [3.63, 3.8) is 0 Å². The number of rotatable bonds is 9. The Morgan fingerprint density at radius 3 is 2.45 bits per heavy atom. The van der Waals surface area contributed by atoms with E-state index in [9.17, 15) is 0 Å². The predicted molar refractivity (Wildman–Crippen MR) is 90.1 cm³/mol. The van der Waals surface area contributed by atoms with Crippen LogP contribution in [0.4, 0.5) is 0 Å². The molecule has 0 radical (unpaired) electrons. The maximum atomic E-state index is 5.92. The van der Waals surface area contributed by atoms with Crippen molar-refractivity contribution >= 4 is 12.4 Å². The molecule has 0 spiro atoms. The lowest BCUT2D eigenvalue weighted by atomic mass is 10.0. The molecule has 0 aliphatic rings. The molecule has 1 rings (SSSR count). The maximum absolute atomic E-state index is 5.92. The van der Waals surface area contributed by atoms with Gasteiger partial charge in [-0.15, -0.1) is 12.4 Å². The molecule has 20 heavy (non-hydrogen) atoms. The molecule has 0 aliphatic heterocycles. The fourth-order valence-electron chi connectivity index (χ4n) is 2.11. The van der Waals surface area contributed by atoms with Gasteiger partial charge in [0.05, 0.1) is 6.61 Å². The van der Waals surface area contributed by atoms with Crippen LogP contribution in [0.25, 0.3) is 0 Å². The van der Waals surface area contributed by atoms with Crippen molar-refractivity contribution in [2.45, 2.75) is 39.5 Å². The number of aryl methyl sites for hydroxylation is 1.